The van der Waals surface area contributed by atoms with Gasteiger partial charge in [-0.1, -0.05) is 12.1 Å². The van der Waals surface area contributed by atoms with E-state index in [1.54, 1.807) is 6.92 Å². The molecule has 0 amide bonds. The van der Waals surface area contributed by atoms with Crippen LogP contribution in [0.25, 0.3) is 0 Å². The zero-order valence-electron chi connectivity index (χ0n) is 9.20. The molecule has 0 spiro atoms. The van der Waals surface area contributed by atoms with E-state index in [9.17, 15) is 4.39 Å². The molecule has 16 heavy (non-hydrogen) atoms. The Hall–Kier alpha value is -1.90. The molecule has 3 heteroatoms. The van der Waals surface area contributed by atoms with Gasteiger partial charge in [0, 0.05) is 5.56 Å². The zero-order valence-corrected chi connectivity index (χ0v) is 9.20. The monoisotopic (exact) mass is 217 g/mol. The van der Waals surface area contributed by atoms with Gasteiger partial charge in [-0.05, 0) is 37.6 Å². The Bertz CT molecular complexity index is 511. The quantitative estimate of drug-likeness (QED) is 0.766. The molecule has 0 radical (unpaired) electrons. The number of benzene rings is 1. The third kappa shape index (κ3) is 2.37. The van der Waals surface area contributed by atoms with Gasteiger partial charge < -0.3 is 4.74 Å². The van der Waals surface area contributed by atoms with Gasteiger partial charge in [0.25, 0.3) is 0 Å². The molecular formula is C13H12FNO. The largest absolute Gasteiger partial charge is 0.439 e. The number of halogens is 1. The van der Waals surface area contributed by atoms with Gasteiger partial charge in [0.05, 0.1) is 6.20 Å². The molecule has 0 bridgehead atoms. The molecule has 2 rings (SSSR count). The van der Waals surface area contributed by atoms with Gasteiger partial charge in [-0.25, -0.2) is 9.37 Å². The fourth-order valence-electron chi connectivity index (χ4n) is 1.43. The average molecular weight is 217 g/mol. The lowest BCUT2D eigenvalue weighted by Gasteiger charge is -2.07. The molecule has 0 saturated carbocycles. The minimum absolute atomic E-state index is 0.353. The summed E-state index contributed by atoms with van der Waals surface area (Å²) in [6.07, 6.45) is 1.15. The lowest BCUT2D eigenvalue weighted by molar-refractivity contribution is 0.454. The van der Waals surface area contributed by atoms with Gasteiger partial charge in [0.15, 0.2) is 0 Å². The Kier molecular flexibility index (Phi) is 2.86. The number of nitrogens with zero attached hydrogens (tertiary/aromatic N) is 1. The molecule has 2 aromatic rings. The van der Waals surface area contributed by atoms with Gasteiger partial charge >= 0.3 is 0 Å². The third-order valence-electron chi connectivity index (χ3n) is 2.20. The minimum atomic E-state index is -0.353. The Morgan fingerprint density at radius 1 is 1.19 bits per heavy atom. The lowest BCUT2D eigenvalue weighted by atomic mass is 10.2. The fourth-order valence-corrected chi connectivity index (χ4v) is 1.43. The summed E-state index contributed by atoms with van der Waals surface area (Å²) in [6.45, 7) is 3.75. The molecule has 1 aromatic heterocycles. The summed E-state index contributed by atoms with van der Waals surface area (Å²) < 4.78 is 18.4. The first-order valence-electron chi connectivity index (χ1n) is 5.02. The number of pyridine rings is 1. The van der Waals surface area contributed by atoms with Crippen molar-refractivity contribution in [3.05, 3.63) is 53.5 Å². The molecule has 0 atom stereocenters. The maximum absolute atomic E-state index is 12.8. The number of hydrogen-bond donors (Lipinski definition) is 0. The van der Waals surface area contributed by atoms with E-state index in [1.807, 2.05) is 31.2 Å². The maximum atomic E-state index is 12.8. The fraction of sp³-hybridized carbons (Fsp3) is 0.154. The van der Waals surface area contributed by atoms with E-state index in [4.69, 9.17) is 4.74 Å². The van der Waals surface area contributed by atoms with Crippen LogP contribution in [0.2, 0.25) is 0 Å². The summed E-state index contributed by atoms with van der Waals surface area (Å²) in [5.74, 6) is 0.795. The summed E-state index contributed by atoms with van der Waals surface area (Å²) in [6, 6.07) is 9.04. The van der Waals surface area contributed by atoms with Gasteiger partial charge in [-0.2, -0.15) is 0 Å². The van der Waals surface area contributed by atoms with Crippen LogP contribution >= 0.6 is 0 Å². The molecule has 0 aliphatic rings. The standard InChI is InChI=1S/C13H12FNO/c1-9-4-3-5-12(6-9)16-13-10(2)7-11(14)8-15-13/h3-8H,1-2H3. The van der Waals surface area contributed by atoms with Crippen LogP contribution < -0.4 is 4.74 Å². The van der Waals surface area contributed by atoms with Crippen molar-refractivity contribution in [1.82, 2.24) is 4.98 Å². The molecule has 0 aliphatic carbocycles. The maximum Gasteiger partial charge on any atom is 0.222 e. The predicted octanol–water partition coefficient (Wildman–Crippen LogP) is 3.63. The Labute approximate surface area is 93.7 Å². The Morgan fingerprint density at radius 2 is 2.00 bits per heavy atom. The minimum Gasteiger partial charge on any atom is -0.439 e. The van der Waals surface area contributed by atoms with E-state index in [-0.39, 0.29) is 5.82 Å². The van der Waals surface area contributed by atoms with E-state index in [2.05, 4.69) is 4.98 Å². The molecule has 1 heterocycles. The number of aryl methyl sites for hydroxylation is 2. The molecular weight excluding hydrogens is 205 g/mol. The van der Waals surface area contributed by atoms with Crippen LogP contribution in [0.5, 0.6) is 11.6 Å². The molecule has 82 valence electrons. The van der Waals surface area contributed by atoms with Crippen molar-refractivity contribution in [1.29, 1.82) is 0 Å². The van der Waals surface area contributed by atoms with E-state index in [0.29, 0.717) is 17.2 Å². The lowest BCUT2D eigenvalue weighted by Crippen LogP contribution is -1.92. The van der Waals surface area contributed by atoms with Crippen molar-refractivity contribution >= 4 is 0 Å². The zero-order chi connectivity index (χ0) is 11.5. The highest BCUT2D eigenvalue weighted by Crippen LogP contribution is 2.23. The molecule has 0 N–H and O–H groups in total. The summed E-state index contributed by atoms with van der Waals surface area (Å²) in [4.78, 5) is 3.91. The second kappa shape index (κ2) is 4.31. The summed E-state index contributed by atoms with van der Waals surface area (Å²) in [5.41, 5.74) is 1.79. The van der Waals surface area contributed by atoms with E-state index < -0.39 is 0 Å². The van der Waals surface area contributed by atoms with Crippen molar-refractivity contribution in [3.63, 3.8) is 0 Å². The summed E-state index contributed by atoms with van der Waals surface area (Å²) in [5, 5.41) is 0. The van der Waals surface area contributed by atoms with Crippen LogP contribution in [0.4, 0.5) is 4.39 Å². The van der Waals surface area contributed by atoms with Gasteiger partial charge in [-0.15, -0.1) is 0 Å². The molecule has 1 aromatic carbocycles. The van der Waals surface area contributed by atoms with Crippen LogP contribution in [0.1, 0.15) is 11.1 Å². The smallest absolute Gasteiger partial charge is 0.222 e. The van der Waals surface area contributed by atoms with Crippen LogP contribution in [-0.4, -0.2) is 4.98 Å². The van der Waals surface area contributed by atoms with Crippen LogP contribution in [0.3, 0.4) is 0 Å². The van der Waals surface area contributed by atoms with Crippen molar-refractivity contribution in [2.45, 2.75) is 13.8 Å². The van der Waals surface area contributed by atoms with Crippen LogP contribution in [0.15, 0.2) is 36.5 Å². The predicted molar refractivity (Wildman–Crippen MR) is 60.2 cm³/mol. The summed E-state index contributed by atoms with van der Waals surface area (Å²) in [7, 11) is 0. The van der Waals surface area contributed by atoms with Gasteiger partial charge in [-0.3, -0.25) is 0 Å². The first kappa shape index (κ1) is 10.6. The second-order valence-corrected chi connectivity index (χ2v) is 3.69. The van der Waals surface area contributed by atoms with E-state index >= 15 is 0 Å². The number of ether oxygens (including phenoxy) is 1. The molecule has 2 nitrogen and oxygen atoms in total. The Morgan fingerprint density at radius 3 is 2.69 bits per heavy atom. The molecule has 0 fully saturated rings. The van der Waals surface area contributed by atoms with Crippen molar-refractivity contribution in [2.24, 2.45) is 0 Å². The van der Waals surface area contributed by atoms with Crippen LogP contribution in [0, 0.1) is 19.7 Å². The van der Waals surface area contributed by atoms with E-state index in [1.165, 1.54) is 6.07 Å². The van der Waals surface area contributed by atoms with Gasteiger partial charge in [0.2, 0.25) is 5.88 Å². The molecule has 0 unspecified atom stereocenters. The third-order valence-corrected chi connectivity index (χ3v) is 2.20. The van der Waals surface area contributed by atoms with Crippen molar-refractivity contribution < 1.29 is 9.13 Å². The molecule has 0 saturated heterocycles. The first-order valence-corrected chi connectivity index (χ1v) is 5.02. The normalized spacial score (nSPS) is 10.2. The second-order valence-electron chi connectivity index (χ2n) is 3.69. The van der Waals surface area contributed by atoms with Crippen molar-refractivity contribution in [3.8, 4) is 11.6 Å². The Balaban J connectivity index is 2.27. The SMILES string of the molecule is Cc1cccc(Oc2ncc(F)cc2C)c1. The number of hydrogen-bond acceptors (Lipinski definition) is 2. The van der Waals surface area contributed by atoms with E-state index in [0.717, 1.165) is 11.8 Å². The highest BCUT2D eigenvalue weighted by Gasteiger charge is 2.04. The topological polar surface area (TPSA) is 22.1 Å². The number of aromatic nitrogens is 1. The first-order chi connectivity index (χ1) is 7.65. The summed E-state index contributed by atoms with van der Waals surface area (Å²) >= 11 is 0. The van der Waals surface area contributed by atoms with Crippen molar-refractivity contribution in [2.75, 3.05) is 0 Å². The average Bonchev–Trinajstić information content (AvgIpc) is 2.22. The number of rotatable bonds is 2. The van der Waals surface area contributed by atoms with Crippen LogP contribution in [-0.2, 0) is 0 Å². The highest BCUT2D eigenvalue weighted by molar-refractivity contribution is 5.33. The highest BCUT2D eigenvalue weighted by atomic mass is 19.1. The molecule has 0 aliphatic heterocycles. The van der Waals surface area contributed by atoms with Gasteiger partial charge in [0.1, 0.15) is 11.6 Å².